The number of anilines is 1. The Bertz CT molecular complexity index is 450. The summed E-state index contributed by atoms with van der Waals surface area (Å²) in [7, 11) is 1.51. The zero-order chi connectivity index (χ0) is 13.1. The fraction of sp³-hybridized carbons (Fsp3) is 0.500. The summed E-state index contributed by atoms with van der Waals surface area (Å²) in [5.74, 6) is 0.508. The van der Waals surface area contributed by atoms with Crippen LogP contribution in [-0.4, -0.2) is 37.7 Å². The van der Waals surface area contributed by atoms with Gasteiger partial charge in [0.2, 0.25) is 0 Å². The molecule has 1 aromatic carbocycles. The van der Waals surface area contributed by atoms with Gasteiger partial charge >= 0.3 is 0 Å². The fourth-order valence-corrected chi connectivity index (χ4v) is 2.19. The van der Waals surface area contributed by atoms with Crippen LogP contribution < -0.4 is 15.0 Å². The molecule has 1 heterocycles. The molecule has 0 bridgehead atoms. The molecule has 0 aromatic heterocycles. The van der Waals surface area contributed by atoms with E-state index in [0.29, 0.717) is 17.5 Å². The monoisotopic (exact) mass is 251 g/mol. The Morgan fingerprint density at radius 2 is 2.33 bits per heavy atom. The van der Waals surface area contributed by atoms with E-state index < -0.39 is 0 Å². The van der Waals surface area contributed by atoms with E-state index in [0.717, 1.165) is 19.6 Å². The van der Waals surface area contributed by atoms with Crippen molar-refractivity contribution in [2.75, 3.05) is 31.6 Å². The molecule has 1 atom stereocenters. The molecule has 18 heavy (non-hydrogen) atoms. The second-order valence-electron chi connectivity index (χ2n) is 4.41. The molecule has 0 radical (unpaired) electrons. The van der Waals surface area contributed by atoms with E-state index in [9.17, 15) is 10.1 Å². The number of benzene rings is 1. The molecule has 2 rings (SSSR count). The van der Waals surface area contributed by atoms with Crippen LogP contribution in [0.2, 0.25) is 0 Å². The molecule has 1 fully saturated rings. The average molecular weight is 251 g/mol. The predicted molar refractivity (Wildman–Crippen MR) is 69.3 cm³/mol. The summed E-state index contributed by atoms with van der Waals surface area (Å²) in [6, 6.07) is 5.33. The lowest BCUT2D eigenvalue weighted by Gasteiger charge is -2.33. The van der Waals surface area contributed by atoms with Crippen molar-refractivity contribution in [2.45, 2.75) is 13.0 Å². The average Bonchev–Trinajstić information content (AvgIpc) is 2.38. The molecule has 1 aliphatic rings. The van der Waals surface area contributed by atoms with E-state index >= 15 is 0 Å². The van der Waals surface area contributed by atoms with E-state index in [2.05, 4.69) is 12.2 Å². The third kappa shape index (κ3) is 2.53. The van der Waals surface area contributed by atoms with Crippen LogP contribution in [0.3, 0.4) is 0 Å². The number of ether oxygens (including phenoxy) is 1. The van der Waals surface area contributed by atoms with Crippen LogP contribution in [0.4, 0.5) is 11.4 Å². The molecule has 0 saturated carbocycles. The number of methoxy groups -OCH3 is 1. The molecule has 1 saturated heterocycles. The van der Waals surface area contributed by atoms with E-state index in [1.807, 2.05) is 4.90 Å². The molecule has 1 unspecified atom stereocenters. The van der Waals surface area contributed by atoms with Crippen LogP contribution in [0.25, 0.3) is 0 Å². The van der Waals surface area contributed by atoms with Gasteiger partial charge in [-0.05, 0) is 19.1 Å². The molecule has 1 aromatic rings. The number of nitro benzene ring substituents is 1. The van der Waals surface area contributed by atoms with Crippen molar-refractivity contribution in [3.8, 4) is 5.75 Å². The number of piperazine rings is 1. The van der Waals surface area contributed by atoms with Crippen LogP contribution in [-0.2, 0) is 0 Å². The number of nitrogens with zero attached hydrogens (tertiary/aromatic N) is 2. The van der Waals surface area contributed by atoms with E-state index in [1.54, 1.807) is 12.1 Å². The molecular weight excluding hydrogens is 234 g/mol. The van der Waals surface area contributed by atoms with Crippen molar-refractivity contribution in [1.29, 1.82) is 0 Å². The number of hydrogen-bond acceptors (Lipinski definition) is 5. The summed E-state index contributed by atoms with van der Waals surface area (Å²) in [5, 5.41) is 14.4. The van der Waals surface area contributed by atoms with Crippen molar-refractivity contribution >= 4 is 11.4 Å². The summed E-state index contributed by atoms with van der Waals surface area (Å²) in [4.78, 5) is 12.8. The van der Waals surface area contributed by atoms with Crippen molar-refractivity contribution < 1.29 is 9.66 Å². The van der Waals surface area contributed by atoms with Gasteiger partial charge in [-0.1, -0.05) is 0 Å². The van der Waals surface area contributed by atoms with Gasteiger partial charge in [-0.25, -0.2) is 0 Å². The number of hydrogen-bond donors (Lipinski definition) is 1. The Hall–Kier alpha value is -1.82. The van der Waals surface area contributed by atoms with Gasteiger partial charge in [0.1, 0.15) is 11.4 Å². The van der Waals surface area contributed by atoms with Crippen molar-refractivity contribution in [1.82, 2.24) is 5.32 Å². The topological polar surface area (TPSA) is 67.6 Å². The summed E-state index contributed by atoms with van der Waals surface area (Å²) < 4.78 is 5.03. The van der Waals surface area contributed by atoms with Crippen LogP contribution >= 0.6 is 0 Å². The molecule has 1 N–H and O–H groups in total. The first-order valence-electron chi connectivity index (χ1n) is 5.92. The highest BCUT2D eigenvalue weighted by Gasteiger charge is 2.23. The highest BCUT2D eigenvalue weighted by Crippen LogP contribution is 2.32. The first-order chi connectivity index (χ1) is 8.61. The highest BCUT2D eigenvalue weighted by atomic mass is 16.6. The Morgan fingerprint density at radius 3 is 2.94 bits per heavy atom. The molecule has 6 nitrogen and oxygen atoms in total. The van der Waals surface area contributed by atoms with E-state index in [4.69, 9.17) is 4.74 Å². The van der Waals surface area contributed by atoms with Gasteiger partial charge in [-0.2, -0.15) is 0 Å². The lowest BCUT2D eigenvalue weighted by Crippen LogP contribution is -2.49. The van der Waals surface area contributed by atoms with Gasteiger partial charge < -0.3 is 15.0 Å². The van der Waals surface area contributed by atoms with Crippen LogP contribution in [0, 0.1) is 10.1 Å². The van der Waals surface area contributed by atoms with Crippen LogP contribution in [0.5, 0.6) is 5.75 Å². The van der Waals surface area contributed by atoms with Gasteiger partial charge in [0.25, 0.3) is 5.69 Å². The smallest absolute Gasteiger partial charge is 0.296 e. The van der Waals surface area contributed by atoms with Gasteiger partial charge in [0, 0.05) is 25.7 Å². The zero-order valence-electron chi connectivity index (χ0n) is 10.5. The third-order valence-electron chi connectivity index (χ3n) is 3.09. The zero-order valence-corrected chi connectivity index (χ0v) is 10.5. The Balaban J connectivity index is 2.33. The molecule has 6 heteroatoms. The minimum Gasteiger partial charge on any atom is -0.496 e. The Morgan fingerprint density at radius 1 is 1.56 bits per heavy atom. The summed E-state index contributed by atoms with van der Waals surface area (Å²) >= 11 is 0. The van der Waals surface area contributed by atoms with Gasteiger partial charge in [0.05, 0.1) is 18.1 Å². The highest BCUT2D eigenvalue weighted by molar-refractivity contribution is 5.65. The Labute approximate surface area is 106 Å². The minimum atomic E-state index is -0.357. The maximum Gasteiger partial charge on any atom is 0.296 e. The standard InChI is InChI=1S/C12H17N3O3/c1-9-8-14(6-5-13-9)11-4-3-10(18-2)7-12(11)15(16)17/h3-4,7,9,13H,5-6,8H2,1-2H3. The van der Waals surface area contributed by atoms with Crippen LogP contribution in [0.1, 0.15) is 6.92 Å². The Kier molecular flexibility index (Phi) is 3.66. The number of nitro groups is 1. The van der Waals surface area contributed by atoms with Crippen molar-refractivity contribution in [3.05, 3.63) is 28.3 Å². The maximum absolute atomic E-state index is 11.1. The molecule has 0 spiro atoms. The maximum atomic E-state index is 11.1. The fourth-order valence-electron chi connectivity index (χ4n) is 2.19. The summed E-state index contributed by atoms with van der Waals surface area (Å²) in [6.07, 6.45) is 0. The summed E-state index contributed by atoms with van der Waals surface area (Å²) in [6.45, 7) is 4.45. The second-order valence-corrected chi connectivity index (χ2v) is 4.41. The largest absolute Gasteiger partial charge is 0.496 e. The van der Waals surface area contributed by atoms with Crippen molar-refractivity contribution in [2.24, 2.45) is 0 Å². The van der Waals surface area contributed by atoms with Gasteiger partial charge in [-0.15, -0.1) is 0 Å². The predicted octanol–water partition coefficient (Wildman–Crippen LogP) is 1.40. The second kappa shape index (κ2) is 5.22. The molecule has 98 valence electrons. The molecular formula is C12H17N3O3. The molecule has 1 aliphatic heterocycles. The lowest BCUT2D eigenvalue weighted by molar-refractivity contribution is -0.384. The SMILES string of the molecule is COc1ccc(N2CCNC(C)C2)c([N+](=O)[O-])c1. The first kappa shape index (κ1) is 12.6. The lowest BCUT2D eigenvalue weighted by atomic mass is 10.1. The van der Waals surface area contributed by atoms with E-state index in [-0.39, 0.29) is 10.6 Å². The minimum absolute atomic E-state index is 0.100. The third-order valence-corrected chi connectivity index (χ3v) is 3.09. The van der Waals surface area contributed by atoms with Gasteiger partial charge in [-0.3, -0.25) is 10.1 Å². The van der Waals surface area contributed by atoms with Gasteiger partial charge in [0.15, 0.2) is 0 Å². The van der Waals surface area contributed by atoms with Crippen LogP contribution in [0.15, 0.2) is 18.2 Å². The quantitative estimate of drug-likeness (QED) is 0.649. The van der Waals surface area contributed by atoms with E-state index in [1.165, 1.54) is 13.2 Å². The van der Waals surface area contributed by atoms with Crippen molar-refractivity contribution in [3.63, 3.8) is 0 Å². The molecule has 0 amide bonds. The molecule has 0 aliphatic carbocycles. The number of nitrogens with one attached hydrogen (secondary N) is 1. The summed E-state index contributed by atoms with van der Waals surface area (Å²) in [5.41, 5.74) is 0.762. The number of rotatable bonds is 3. The first-order valence-corrected chi connectivity index (χ1v) is 5.92. The normalized spacial score (nSPS) is 19.7.